The number of nitrogens with zero attached hydrogens (tertiary/aromatic N) is 2. The second-order valence-electron chi connectivity index (χ2n) is 3.97. The summed E-state index contributed by atoms with van der Waals surface area (Å²) < 4.78 is 0. The van der Waals surface area contributed by atoms with Crippen LogP contribution in [0.4, 0.5) is 0 Å². The van der Waals surface area contributed by atoms with Crippen molar-refractivity contribution in [2.24, 2.45) is 5.92 Å². The first-order valence-electron chi connectivity index (χ1n) is 5.85. The van der Waals surface area contributed by atoms with Crippen molar-refractivity contribution in [2.45, 2.75) is 33.2 Å². The van der Waals surface area contributed by atoms with Gasteiger partial charge in [-0.15, -0.1) is 0 Å². The zero-order chi connectivity index (χ0) is 11.8. The van der Waals surface area contributed by atoms with Gasteiger partial charge in [-0.3, -0.25) is 0 Å². The Bertz CT molecular complexity index is 350. The Balaban J connectivity index is 2.40. The van der Waals surface area contributed by atoms with Gasteiger partial charge in [-0.05, 0) is 30.2 Å². The molecule has 0 unspecified atom stereocenters. The first-order valence-corrected chi connectivity index (χ1v) is 5.85. The predicted octanol–water partition coefficient (Wildman–Crippen LogP) is 2.48. The summed E-state index contributed by atoms with van der Waals surface area (Å²) in [6.07, 6.45) is 4.11. The Hall–Kier alpha value is -1.40. The van der Waals surface area contributed by atoms with Crippen LogP contribution in [0.1, 0.15) is 37.9 Å². The number of rotatable bonds is 6. The molecular weight excluding hydrogens is 198 g/mol. The highest BCUT2D eigenvalue weighted by Gasteiger charge is 2.02. The van der Waals surface area contributed by atoms with E-state index in [0.717, 1.165) is 24.6 Å². The molecule has 86 valence electrons. The SMILES string of the molecule is CCC(CC)CNCc1ccnc(C#N)c1. The summed E-state index contributed by atoms with van der Waals surface area (Å²) in [6, 6.07) is 5.83. The molecule has 0 aliphatic carbocycles. The lowest BCUT2D eigenvalue weighted by atomic mass is 10.0. The topological polar surface area (TPSA) is 48.7 Å². The van der Waals surface area contributed by atoms with Crippen molar-refractivity contribution in [2.75, 3.05) is 6.54 Å². The number of hydrogen-bond donors (Lipinski definition) is 1. The van der Waals surface area contributed by atoms with Gasteiger partial charge in [0.2, 0.25) is 0 Å². The number of aromatic nitrogens is 1. The van der Waals surface area contributed by atoms with Crippen LogP contribution in [0.15, 0.2) is 18.3 Å². The molecule has 0 aliphatic heterocycles. The highest BCUT2D eigenvalue weighted by atomic mass is 14.9. The normalized spacial score (nSPS) is 10.4. The molecule has 0 radical (unpaired) electrons. The minimum atomic E-state index is 0.488. The van der Waals surface area contributed by atoms with Gasteiger partial charge in [0.25, 0.3) is 0 Å². The van der Waals surface area contributed by atoms with Crippen molar-refractivity contribution >= 4 is 0 Å². The predicted molar refractivity (Wildman–Crippen MR) is 64.7 cm³/mol. The van der Waals surface area contributed by atoms with E-state index >= 15 is 0 Å². The Morgan fingerprint density at radius 3 is 2.81 bits per heavy atom. The van der Waals surface area contributed by atoms with E-state index in [-0.39, 0.29) is 0 Å². The van der Waals surface area contributed by atoms with Gasteiger partial charge >= 0.3 is 0 Å². The van der Waals surface area contributed by atoms with Gasteiger partial charge in [0.05, 0.1) is 0 Å². The van der Waals surface area contributed by atoms with Crippen LogP contribution in [-0.2, 0) is 6.54 Å². The molecule has 0 aromatic carbocycles. The molecule has 0 amide bonds. The molecule has 1 aromatic heterocycles. The van der Waals surface area contributed by atoms with E-state index in [1.54, 1.807) is 6.20 Å². The van der Waals surface area contributed by atoms with E-state index in [1.165, 1.54) is 12.8 Å². The Labute approximate surface area is 97.5 Å². The highest BCUT2D eigenvalue weighted by molar-refractivity contribution is 5.25. The van der Waals surface area contributed by atoms with Crippen LogP contribution in [0.3, 0.4) is 0 Å². The number of nitriles is 1. The molecule has 1 aromatic rings. The molecule has 0 saturated heterocycles. The van der Waals surface area contributed by atoms with E-state index in [0.29, 0.717) is 5.69 Å². The average Bonchev–Trinajstić information content (AvgIpc) is 2.35. The summed E-state index contributed by atoms with van der Waals surface area (Å²) in [6.45, 7) is 6.29. The molecule has 1 rings (SSSR count). The van der Waals surface area contributed by atoms with Crippen molar-refractivity contribution in [3.8, 4) is 6.07 Å². The highest BCUT2D eigenvalue weighted by Crippen LogP contribution is 2.06. The van der Waals surface area contributed by atoms with Crippen molar-refractivity contribution in [1.29, 1.82) is 5.26 Å². The first kappa shape index (κ1) is 12.7. The van der Waals surface area contributed by atoms with Gasteiger partial charge in [-0.1, -0.05) is 26.7 Å². The third-order valence-corrected chi connectivity index (χ3v) is 2.86. The monoisotopic (exact) mass is 217 g/mol. The second kappa shape index (κ2) is 6.97. The van der Waals surface area contributed by atoms with Crippen molar-refractivity contribution < 1.29 is 0 Å². The van der Waals surface area contributed by atoms with E-state index in [4.69, 9.17) is 5.26 Å². The standard InChI is InChI=1S/C13H19N3/c1-3-11(4-2)9-15-10-12-5-6-16-13(7-12)8-14/h5-7,11,15H,3-4,9-10H2,1-2H3. The molecule has 0 atom stereocenters. The molecule has 16 heavy (non-hydrogen) atoms. The molecule has 0 fully saturated rings. The van der Waals surface area contributed by atoms with E-state index < -0.39 is 0 Å². The third kappa shape index (κ3) is 4.00. The molecule has 0 saturated carbocycles. The molecule has 0 aliphatic rings. The van der Waals surface area contributed by atoms with Gasteiger partial charge < -0.3 is 5.32 Å². The lowest BCUT2D eigenvalue weighted by Crippen LogP contribution is -2.21. The largest absolute Gasteiger partial charge is 0.312 e. The van der Waals surface area contributed by atoms with Gasteiger partial charge in [0.1, 0.15) is 11.8 Å². The van der Waals surface area contributed by atoms with Crippen LogP contribution >= 0.6 is 0 Å². The lowest BCUT2D eigenvalue weighted by molar-refractivity contribution is 0.449. The Morgan fingerprint density at radius 2 is 2.19 bits per heavy atom. The van der Waals surface area contributed by atoms with Gasteiger partial charge in [-0.25, -0.2) is 4.98 Å². The fourth-order valence-electron chi connectivity index (χ4n) is 1.64. The molecular formula is C13H19N3. The fourth-order valence-corrected chi connectivity index (χ4v) is 1.64. The molecule has 1 N–H and O–H groups in total. The average molecular weight is 217 g/mol. The van der Waals surface area contributed by atoms with E-state index in [2.05, 4.69) is 24.1 Å². The van der Waals surface area contributed by atoms with Crippen LogP contribution in [0.2, 0.25) is 0 Å². The maximum absolute atomic E-state index is 8.72. The fraction of sp³-hybridized carbons (Fsp3) is 0.538. The molecule has 0 bridgehead atoms. The van der Waals surface area contributed by atoms with Gasteiger partial charge in [-0.2, -0.15) is 5.26 Å². The van der Waals surface area contributed by atoms with Crippen LogP contribution in [0.5, 0.6) is 0 Å². The number of pyridine rings is 1. The summed E-state index contributed by atoms with van der Waals surface area (Å²) >= 11 is 0. The van der Waals surface area contributed by atoms with Crippen LogP contribution in [0, 0.1) is 17.2 Å². The maximum Gasteiger partial charge on any atom is 0.140 e. The number of hydrogen-bond acceptors (Lipinski definition) is 3. The summed E-state index contributed by atoms with van der Waals surface area (Å²) in [5.74, 6) is 0.747. The zero-order valence-electron chi connectivity index (χ0n) is 10.0. The quantitative estimate of drug-likeness (QED) is 0.796. The molecule has 0 spiro atoms. The smallest absolute Gasteiger partial charge is 0.140 e. The summed E-state index contributed by atoms with van der Waals surface area (Å²) in [4.78, 5) is 3.94. The zero-order valence-corrected chi connectivity index (χ0v) is 10.0. The first-order chi connectivity index (χ1) is 7.80. The van der Waals surface area contributed by atoms with Gasteiger partial charge in [0.15, 0.2) is 0 Å². The van der Waals surface area contributed by atoms with E-state index in [1.807, 2.05) is 18.2 Å². The summed E-state index contributed by atoms with van der Waals surface area (Å²) in [5, 5.41) is 12.1. The minimum Gasteiger partial charge on any atom is -0.312 e. The Kier molecular flexibility index (Phi) is 5.52. The molecule has 1 heterocycles. The van der Waals surface area contributed by atoms with Crippen molar-refractivity contribution in [3.05, 3.63) is 29.6 Å². The minimum absolute atomic E-state index is 0.488. The van der Waals surface area contributed by atoms with E-state index in [9.17, 15) is 0 Å². The van der Waals surface area contributed by atoms with Crippen molar-refractivity contribution in [3.63, 3.8) is 0 Å². The van der Waals surface area contributed by atoms with Crippen LogP contribution in [-0.4, -0.2) is 11.5 Å². The number of nitrogens with one attached hydrogen (secondary N) is 1. The summed E-state index contributed by atoms with van der Waals surface area (Å²) in [5.41, 5.74) is 1.61. The third-order valence-electron chi connectivity index (χ3n) is 2.86. The second-order valence-corrected chi connectivity index (χ2v) is 3.97. The Morgan fingerprint density at radius 1 is 1.44 bits per heavy atom. The molecule has 3 heteroatoms. The van der Waals surface area contributed by atoms with Crippen LogP contribution < -0.4 is 5.32 Å². The van der Waals surface area contributed by atoms with Crippen LogP contribution in [0.25, 0.3) is 0 Å². The molecule has 3 nitrogen and oxygen atoms in total. The summed E-state index contributed by atoms with van der Waals surface area (Å²) in [7, 11) is 0. The van der Waals surface area contributed by atoms with Gasteiger partial charge in [0, 0.05) is 12.7 Å². The lowest BCUT2D eigenvalue weighted by Gasteiger charge is -2.13. The maximum atomic E-state index is 8.72. The van der Waals surface area contributed by atoms with Crippen molar-refractivity contribution in [1.82, 2.24) is 10.3 Å².